The number of ether oxygens (including phenoxy) is 1. The molecule has 0 bridgehead atoms. The normalized spacial score (nSPS) is 18.6. The number of carboxylic acids is 1. The molecule has 2 aliphatic rings. The molecule has 3 amide bonds. The van der Waals surface area contributed by atoms with Crippen molar-refractivity contribution in [2.24, 2.45) is 5.92 Å². The summed E-state index contributed by atoms with van der Waals surface area (Å²) in [5.41, 5.74) is 2.11. The van der Waals surface area contributed by atoms with Gasteiger partial charge in [-0.1, -0.05) is 67.3 Å². The van der Waals surface area contributed by atoms with Gasteiger partial charge in [-0.2, -0.15) is 0 Å². The summed E-state index contributed by atoms with van der Waals surface area (Å²) in [6, 6.07) is 15.7. The molecule has 0 aromatic heterocycles. The van der Waals surface area contributed by atoms with E-state index in [9.17, 15) is 24.3 Å². The molecule has 0 spiro atoms. The lowest BCUT2D eigenvalue weighted by molar-refractivity contribution is -0.138. The maximum absolute atomic E-state index is 13.7. The van der Waals surface area contributed by atoms with Gasteiger partial charge in [-0.25, -0.2) is 4.79 Å². The lowest BCUT2D eigenvalue weighted by Gasteiger charge is -2.34. The Balaban J connectivity index is 1.56. The molecule has 38 heavy (non-hydrogen) atoms. The summed E-state index contributed by atoms with van der Waals surface area (Å²) in [6.45, 7) is 2.17. The molecule has 2 fully saturated rings. The van der Waals surface area contributed by atoms with Gasteiger partial charge in [0.1, 0.15) is 6.61 Å². The lowest BCUT2D eigenvalue weighted by Crippen LogP contribution is -2.57. The smallest absolute Gasteiger partial charge is 0.412 e. The highest BCUT2D eigenvalue weighted by Crippen LogP contribution is 2.29. The number of amides is 3. The molecule has 202 valence electrons. The number of carbonyl (C=O) groups excluding carboxylic acids is 3. The van der Waals surface area contributed by atoms with E-state index in [1.54, 1.807) is 18.2 Å². The molecule has 1 aliphatic heterocycles. The molecular formula is C29H35N3O6. The van der Waals surface area contributed by atoms with Crippen LogP contribution in [0.3, 0.4) is 0 Å². The second-order valence-corrected chi connectivity index (χ2v) is 10.1. The summed E-state index contributed by atoms with van der Waals surface area (Å²) in [5, 5.41) is 12.4. The minimum absolute atomic E-state index is 0.0278. The molecule has 1 saturated carbocycles. The molecule has 1 heterocycles. The number of carboxylic acid groups (broad SMARTS) is 1. The Morgan fingerprint density at radius 3 is 2.37 bits per heavy atom. The number of rotatable bonds is 8. The predicted octanol–water partition coefficient (Wildman–Crippen LogP) is 3.96. The molecule has 9 heteroatoms. The van der Waals surface area contributed by atoms with Crippen molar-refractivity contribution in [3.8, 4) is 0 Å². The van der Waals surface area contributed by atoms with Gasteiger partial charge in [-0.15, -0.1) is 0 Å². The Morgan fingerprint density at radius 2 is 1.68 bits per heavy atom. The van der Waals surface area contributed by atoms with Crippen molar-refractivity contribution in [3.05, 3.63) is 71.3 Å². The molecule has 9 nitrogen and oxygen atoms in total. The maximum atomic E-state index is 13.7. The van der Waals surface area contributed by atoms with Crippen LogP contribution in [-0.2, 0) is 20.9 Å². The zero-order valence-corrected chi connectivity index (χ0v) is 21.7. The first-order chi connectivity index (χ1) is 18.3. The van der Waals surface area contributed by atoms with E-state index in [4.69, 9.17) is 4.74 Å². The quantitative estimate of drug-likeness (QED) is 0.543. The van der Waals surface area contributed by atoms with E-state index in [1.807, 2.05) is 43.3 Å². The van der Waals surface area contributed by atoms with Gasteiger partial charge in [-0.3, -0.25) is 19.3 Å². The van der Waals surface area contributed by atoms with Crippen molar-refractivity contribution in [2.75, 3.05) is 13.1 Å². The molecule has 2 unspecified atom stereocenters. The molecule has 1 saturated heterocycles. The van der Waals surface area contributed by atoms with Crippen LogP contribution in [0.2, 0.25) is 0 Å². The van der Waals surface area contributed by atoms with Gasteiger partial charge < -0.3 is 20.1 Å². The minimum Gasteiger partial charge on any atom is -0.481 e. The van der Waals surface area contributed by atoms with E-state index in [-0.39, 0.29) is 37.9 Å². The van der Waals surface area contributed by atoms with Crippen molar-refractivity contribution in [3.63, 3.8) is 0 Å². The highest BCUT2D eigenvalue weighted by molar-refractivity contribution is 5.99. The van der Waals surface area contributed by atoms with Crippen LogP contribution in [-0.4, -0.2) is 64.1 Å². The number of nitrogens with zero attached hydrogens (tertiary/aromatic N) is 2. The van der Waals surface area contributed by atoms with Crippen LogP contribution in [0.15, 0.2) is 54.6 Å². The maximum Gasteiger partial charge on any atom is 0.412 e. The van der Waals surface area contributed by atoms with Crippen molar-refractivity contribution >= 4 is 23.9 Å². The topological polar surface area (TPSA) is 116 Å². The molecule has 2 atom stereocenters. The van der Waals surface area contributed by atoms with E-state index in [1.165, 1.54) is 9.80 Å². The number of aliphatic carboxylic acids is 1. The van der Waals surface area contributed by atoms with E-state index in [2.05, 4.69) is 5.32 Å². The van der Waals surface area contributed by atoms with Gasteiger partial charge in [0.2, 0.25) is 0 Å². The predicted molar refractivity (Wildman–Crippen MR) is 140 cm³/mol. The van der Waals surface area contributed by atoms with Crippen LogP contribution in [0.1, 0.15) is 60.0 Å². The summed E-state index contributed by atoms with van der Waals surface area (Å²) in [7, 11) is 0. The van der Waals surface area contributed by atoms with Gasteiger partial charge >= 0.3 is 12.1 Å². The second-order valence-electron chi connectivity index (χ2n) is 10.1. The fraction of sp³-hybridized carbons (Fsp3) is 0.448. The fourth-order valence-corrected chi connectivity index (χ4v) is 5.38. The SMILES string of the molecule is Cc1cccc(C(=O)N2CCN(C(=O)OCc3ccccc3)C2C(=O)NC(CC(=O)O)C2CCCCC2)c1. The van der Waals surface area contributed by atoms with Crippen LogP contribution in [0.4, 0.5) is 4.79 Å². The van der Waals surface area contributed by atoms with Crippen LogP contribution in [0.25, 0.3) is 0 Å². The Morgan fingerprint density at radius 1 is 0.974 bits per heavy atom. The molecule has 2 aromatic carbocycles. The van der Waals surface area contributed by atoms with Crippen LogP contribution in [0.5, 0.6) is 0 Å². The van der Waals surface area contributed by atoms with E-state index < -0.39 is 30.2 Å². The standard InChI is InChI=1S/C29H35N3O6/c1-20-9-8-14-23(17-20)28(36)31-15-16-32(29(37)38-19-21-10-4-2-5-11-21)27(31)26(35)30-24(18-25(33)34)22-12-6-3-7-13-22/h2,4-5,8-11,14,17,22,24,27H,3,6-7,12-13,15-16,18-19H2,1H3,(H,30,35)(H,33,34). The molecule has 0 radical (unpaired) electrons. The van der Waals surface area contributed by atoms with Crippen molar-refractivity contribution in [1.29, 1.82) is 0 Å². The van der Waals surface area contributed by atoms with Crippen LogP contribution < -0.4 is 5.32 Å². The number of hydrogen-bond donors (Lipinski definition) is 2. The first-order valence-electron chi connectivity index (χ1n) is 13.2. The third kappa shape index (κ3) is 6.70. The van der Waals surface area contributed by atoms with Crippen LogP contribution in [0, 0.1) is 12.8 Å². The number of nitrogens with one attached hydrogen (secondary N) is 1. The average molecular weight is 522 g/mol. The number of hydrogen-bond acceptors (Lipinski definition) is 5. The molecule has 4 rings (SSSR count). The van der Waals surface area contributed by atoms with E-state index >= 15 is 0 Å². The summed E-state index contributed by atoms with van der Waals surface area (Å²) >= 11 is 0. The van der Waals surface area contributed by atoms with E-state index in [0.29, 0.717) is 5.56 Å². The van der Waals surface area contributed by atoms with Gasteiger partial charge in [0.25, 0.3) is 11.8 Å². The van der Waals surface area contributed by atoms with Crippen molar-refractivity contribution < 1.29 is 29.0 Å². The molecular weight excluding hydrogens is 486 g/mol. The summed E-state index contributed by atoms with van der Waals surface area (Å²) in [6.07, 6.45) is 2.55. The minimum atomic E-state index is -1.24. The Hall–Kier alpha value is -3.88. The van der Waals surface area contributed by atoms with Gasteiger partial charge in [0, 0.05) is 24.7 Å². The highest BCUT2D eigenvalue weighted by Gasteiger charge is 2.45. The fourth-order valence-electron chi connectivity index (χ4n) is 5.38. The number of aryl methyl sites for hydroxylation is 1. The Labute approximate surface area is 222 Å². The Kier molecular flexibility index (Phi) is 8.99. The zero-order chi connectivity index (χ0) is 27.1. The van der Waals surface area contributed by atoms with Gasteiger partial charge in [0.15, 0.2) is 6.17 Å². The summed E-state index contributed by atoms with van der Waals surface area (Å²) in [5.74, 6) is -1.92. The highest BCUT2D eigenvalue weighted by atomic mass is 16.6. The third-order valence-electron chi connectivity index (χ3n) is 7.31. The first kappa shape index (κ1) is 27.2. The van der Waals surface area contributed by atoms with Gasteiger partial charge in [-0.05, 0) is 43.4 Å². The molecule has 1 aliphatic carbocycles. The second kappa shape index (κ2) is 12.6. The van der Waals surface area contributed by atoms with Gasteiger partial charge in [0.05, 0.1) is 6.42 Å². The summed E-state index contributed by atoms with van der Waals surface area (Å²) in [4.78, 5) is 54.6. The number of carbonyl (C=O) groups is 4. The lowest BCUT2D eigenvalue weighted by atomic mass is 9.82. The molecule has 2 aromatic rings. The third-order valence-corrected chi connectivity index (χ3v) is 7.31. The zero-order valence-electron chi connectivity index (χ0n) is 21.7. The molecule has 2 N–H and O–H groups in total. The van der Waals surface area contributed by atoms with Crippen molar-refractivity contribution in [1.82, 2.24) is 15.1 Å². The average Bonchev–Trinajstić information content (AvgIpc) is 3.37. The van der Waals surface area contributed by atoms with Crippen LogP contribution >= 0.6 is 0 Å². The van der Waals surface area contributed by atoms with Crippen molar-refractivity contribution in [2.45, 2.75) is 64.3 Å². The van der Waals surface area contributed by atoms with E-state index in [0.717, 1.165) is 43.2 Å². The summed E-state index contributed by atoms with van der Waals surface area (Å²) < 4.78 is 5.51. The first-order valence-corrected chi connectivity index (χ1v) is 13.2. The largest absolute Gasteiger partial charge is 0.481 e. The Bertz CT molecular complexity index is 1150. The number of benzene rings is 2. The monoisotopic (exact) mass is 521 g/mol.